The highest BCUT2D eigenvalue weighted by atomic mass is 35.5. The van der Waals surface area contributed by atoms with Crippen LogP contribution >= 0.6 is 11.6 Å². The summed E-state index contributed by atoms with van der Waals surface area (Å²) >= 11 is 6.32. The van der Waals surface area contributed by atoms with Crippen LogP contribution in [-0.4, -0.2) is 75.1 Å². The molecular formula is C25H25ClF4N8O. The predicted molar refractivity (Wildman–Crippen MR) is 134 cm³/mol. The number of anilines is 2. The van der Waals surface area contributed by atoms with Crippen LogP contribution in [0.15, 0.2) is 24.4 Å². The van der Waals surface area contributed by atoms with Crippen LogP contribution in [0.5, 0.6) is 5.88 Å². The molecule has 0 atom stereocenters. The van der Waals surface area contributed by atoms with E-state index < -0.39 is 17.9 Å². The molecule has 4 aliphatic rings. The molecule has 0 unspecified atom stereocenters. The van der Waals surface area contributed by atoms with Crippen LogP contribution in [-0.2, 0) is 13.1 Å². The van der Waals surface area contributed by atoms with Crippen molar-refractivity contribution in [3.63, 3.8) is 0 Å². The first kappa shape index (κ1) is 24.8. The van der Waals surface area contributed by atoms with Crippen molar-refractivity contribution in [2.45, 2.75) is 38.1 Å². The Balaban J connectivity index is 1.09. The first-order valence-electron chi connectivity index (χ1n) is 12.7. The molecule has 0 N–H and O–H groups in total. The molecule has 1 saturated carbocycles. The Kier molecular flexibility index (Phi) is 5.51. The van der Waals surface area contributed by atoms with E-state index in [0.29, 0.717) is 35.8 Å². The highest BCUT2D eigenvalue weighted by Gasteiger charge is 2.54. The third kappa shape index (κ3) is 4.08. The van der Waals surface area contributed by atoms with Gasteiger partial charge in [-0.15, -0.1) is 10.2 Å². The monoisotopic (exact) mass is 564 g/mol. The zero-order valence-corrected chi connectivity index (χ0v) is 21.8. The van der Waals surface area contributed by atoms with E-state index >= 15 is 0 Å². The summed E-state index contributed by atoms with van der Waals surface area (Å²) in [6, 6.07) is 5.44. The highest BCUT2D eigenvalue weighted by molar-refractivity contribution is 6.30. The Labute approximate surface area is 226 Å². The SMILES string of the molecule is COc1nc(N2CC3(C2)CN(c2nnc4n2-c2ccc(Cl)cc2CN(C2CC(C(F)(F)F)C2)C4)C3)ncc1F. The van der Waals surface area contributed by atoms with Gasteiger partial charge in [-0.1, -0.05) is 11.6 Å². The third-order valence-electron chi connectivity index (χ3n) is 8.37. The van der Waals surface area contributed by atoms with Crippen LogP contribution in [0, 0.1) is 17.2 Å². The maximum atomic E-state index is 13.7. The molecule has 0 amide bonds. The van der Waals surface area contributed by atoms with Crippen LogP contribution in [0.4, 0.5) is 29.5 Å². The summed E-state index contributed by atoms with van der Waals surface area (Å²) in [7, 11) is 1.37. The molecule has 3 fully saturated rings. The fraction of sp³-hybridized carbons (Fsp3) is 0.520. The number of halogens is 5. The van der Waals surface area contributed by atoms with Crippen LogP contribution in [0.3, 0.4) is 0 Å². The van der Waals surface area contributed by atoms with E-state index in [1.54, 1.807) is 0 Å². The van der Waals surface area contributed by atoms with E-state index in [-0.39, 0.29) is 30.2 Å². The molecule has 7 rings (SSSR count). The fourth-order valence-electron chi connectivity index (χ4n) is 6.28. The lowest BCUT2D eigenvalue weighted by Crippen LogP contribution is -2.73. The second-order valence-corrected chi connectivity index (χ2v) is 11.5. The van der Waals surface area contributed by atoms with Crippen LogP contribution < -0.4 is 14.5 Å². The molecule has 206 valence electrons. The lowest BCUT2D eigenvalue weighted by atomic mass is 9.73. The average Bonchev–Trinajstić information content (AvgIpc) is 3.12. The van der Waals surface area contributed by atoms with Gasteiger partial charge in [-0.25, -0.2) is 4.98 Å². The minimum absolute atomic E-state index is 0.0372. The van der Waals surface area contributed by atoms with Gasteiger partial charge in [0.1, 0.15) is 0 Å². The van der Waals surface area contributed by atoms with Crippen LogP contribution in [0.2, 0.25) is 5.02 Å². The summed E-state index contributed by atoms with van der Waals surface area (Å²) in [5.74, 6) is -0.0880. The average molecular weight is 565 g/mol. The van der Waals surface area contributed by atoms with Crippen molar-refractivity contribution in [3.05, 3.63) is 46.6 Å². The Morgan fingerprint density at radius 2 is 1.79 bits per heavy atom. The maximum absolute atomic E-state index is 13.7. The number of fused-ring (bicyclic) bond motifs is 3. The van der Waals surface area contributed by atoms with Crippen LogP contribution in [0.1, 0.15) is 24.2 Å². The molecule has 2 aromatic heterocycles. The standard InChI is InChI=1S/C25H25ClF4N8O/c1-39-21-18(27)7-31-22(32-21)36-10-24(11-36)12-37(13-24)23-34-33-20-9-35(17-5-15(6-17)25(28,29)30)8-14-4-16(26)2-3-19(14)38(20)23/h2-4,7,15,17H,5-6,8-13H2,1H3. The third-order valence-corrected chi connectivity index (χ3v) is 8.60. The molecule has 3 aliphatic heterocycles. The lowest BCUT2D eigenvalue weighted by Gasteiger charge is -2.60. The summed E-state index contributed by atoms with van der Waals surface area (Å²) in [6.07, 6.45) is -2.86. The number of benzene rings is 1. The van der Waals surface area contributed by atoms with Crippen LogP contribution in [0.25, 0.3) is 5.69 Å². The van der Waals surface area contributed by atoms with E-state index in [4.69, 9.17) is 16.3 Å². The first-order valence-corrected chi connectivity index (χ1v) is 13.1. The van der Waals surface area contributed by atoms with Gasteiger partial charge in [-0.05, 0) is 36.6 Å². The molecule has 1 aliphatic carbocycles. The number of hydrogen-bond donors (Lipinski definition) is 0. The molecule has 1 spiro atoms. The number of aromatic nitrogens is 5. The molecule has 1 aromatic carbocycles. The smallest absolute Gasteiger partial charge is 0.391 e. The zero-order chi connectivity index (χ0) is 27.1. The second-order valence-electron chi connectivity index (χ2n) is 11.0. The largest absolute Gasteiger partial charge is 0.479 e. The van der Waals surface area contributed by atoms with Gasteiger partial charge in [-0.3, -0.25) is 9.47 Å². The molecule has 0 bridgehead atoms. The van der Waals surface area contributed by atoms with E-state index in [9.17, 15) is 17.6 Å². The van der Waals surface area contributed by atoms with Gasteiger partial charge in [0.05, 0.1) is 31.5 Å². The number of hydrogen-bond acceptors (Lipinski definition) is 8. The highest BCUT2D eigenvalue weighted by Crippen LogP contribution is 2.46. The van der Waals surface area contributed by atoms with Crippen molar-refractivity contribution >= 4 is 23.5 Å². The van der Waals surface area contributed by atoms with Crippen molar-refractivity contribution in [2.24, 2.45) is 11.3 Å². The van der Waals surface area contributed by atoms with Crippen molar-refractivity contribution in [2.75, 3.05) is 43.1 Å². The summed E-state index contributed by atoms with van der Waals surface area (Å²) in [6.45, 7) is 3.85. The molecular weight excluding hydrogens is 540 g/mol. The minimum Gasteiger partial charge on any atom is -0.479 e. The van der Waals surface area contributed by atoms with Gasteiger partial charge >= 0.3 is 6.18 Å². The summed E-state index contributed by atoms with van der Waals surface area (Å²) < 4.78 is 60.2. The number of nitrogens with zero attached hydrogens (tertiary/aromatic N) is 8. The Morgan fingerprint density at radius 1 is 1.05 bits per heavy atom. The van der Waals surface area contributed by atoms with E-state index in [2.05, 4.69) is 30.0 Å². The van der Waals surface area contributed by atoms with Crippen molar-refractivity contribution in [1.82, 2.24) is 29.6 Å². The quantitative estimate of drug-likeness (QED) is 0.443. The summed E-state index contributed by atoms with van der Waals surface area (Å²) in [5, 5.41) is 9.56. The summed E-state index contributed by atoms with van der Waals surface area (Å²) in [5.41, 5.74) is 1.87. The van der Waals surface area contributed by atoms with Gasteiger partial charge in [0.2, 0.25) is 17.7 Å². The van der Waals surface area contributed by atoms with Gasteiger partial charge in [0, 0.05) is 49.2 Å². The normalized spacial score (nSPS) is 23.8. The Bertz CT molecular complexity index is 1430. The van der Waals surface area contributed by atoms with Gasteiger partial charge in [-0.2, -0.15) is 22.5 Å². The number of alkyl halides is 3. The first-order chi connectivity index (χ1) is 18.6. The van der Waals surface area contributed by atoms with Crippen molar-refractivity contribution < 1.29 is 22.3 Å². The van der Waals surface area contributed by atoms with E-state index in [1.165, 1.54) is 7.11 Å². The number of ether oxygens (including phenoxy) is 1. The van der Waals surface area contributed by atoms with Gasteiger partial charge in [0.25, 0.3) is 5.88 Å². The molecule has 2 saturated heterocycles. The Hall–Kier alpha value is -3.19. The zero-order valence-electron chi connectivity index (χ0n) is 21.0. The molecule has 5 heterocycles. The molecule has 9 nitrogen and oxygen atoms in total. The van der Waals surface area contributed by atoms with Gasteiger partial charge in [0.15, 0.2) is 5.82 Å². The second kappa shape index (κ2) is 8.65. The van der Waals surface area contributed by atoms with Gasteiger partial charge < -0.3 is 14.5 Å². The Morgan fingerprint density at radius 3 is 2.51 bits per heavy atom. The van der Waals surface area contributed by atoms with Crippen molar-refractivity contribution in [3.8, 4) is 11.6 Å². The summed E-state index contributed by atoms with van der Waals surface area (Å²) in [4.78, 5) is 14.5. The molecule has 3 aromatic rings. The lowest BCUT2D eigenvalue weighted by molar-refractivity contribution is -0.207. The fourth-order valence-corrected chi connectivity index (χ4v) is 6.47. The maximum Gasteiger partial charge on any atom is 0.391 e. The molecule has 0 radical (unpaired) electrons. The number of rotatable bonds is 4. The minimum atomic E-state index is -4.16. The molecule has 39 heavy (non-hydrogen) atoms. The predicted octanol–water partition coefficient (Wildman–Crippen LogP) is 3.84. The topological polar surface area (TPSA) is 75.4 Å². The molecule has 14 heteroatoms. The van der Waals surface area contributed by atoms with E-state index in [1.807, 2.05) is 27.7 Å². The number of methoxy groups -OCH3 is 1. The van der Waals surface area contributed by atoms with Crippen molar-refractivity contribution in [1.29, 1.82) is 0 Å². The van der Waals surface area contributed by atoms with E-state index in [0.717, 1.165) is 43.6 Å².